The molecule has 1 unspecified atom stereocenters. The molecule has 19 heavy (non-hydrogen) atoms. The van der Waals surface area contributed by atoms with Crippen LogP contribution < -0.4 is 10.6 Å². The van der Waals surface area contributed by atoms with Crippen LogP contribution in [0, 0.1) is 0 Å². The summed E-state index contributed by atoms with van der Waals surface area (Å²) in [5, 5.41) is 6.31. The number of carbonyl (C=O) groups excluding carboxylic acids is 1. The second kappa shape index (κ2) is 6.19. The van der Waals surface area contributed by atoms with Gasteiger partial charge in [0.1, 0.15) is 5.76 Å². The fourth-order valence-electron chi connectivity index (χ4n) is 2.67. The molecule has 1 atom stereocenters. The number of carbonyl (C=O) groups is 1. The number of amides is 1. The lowest BCUT2D eigenvalue weighted by molar-refractivity contribution is -0.127. The molecule has 0 bridgehead atoms. The third kappa shape index (κ3) is 3.15. The highest BCUT2D eigenvalue weighted by Crippen LogP contribution is 2.25. The third-order valence-electron chi connectivity index (χ3n) is 3.71. The molecule has 1 amide bonds. The molecule has 0 aromatic carbocycles. The van der Waals surface area contributed by atoms with E-state index in [1.54, 1.807) is 6.20 Å². The fourth-order valence-corrected chi connectivity index (χ4v) is 2.67. The van der Waals surface area contributed by atoms with Crippen molar-refractivity contribution in [3.8, 4) is 0 Å². The molecule has 1 aromatic heterocycles. The lowest BCUT2D eigenvalue weighted by Gasteiger charge is -2.27. The van der Waals surface area contributed by atoms with Gasteiger partial charge in [0.15, 0.2) is 0 Å². The van der Waals surface area contributed by atoms with E-state index >= 15 is 0 Å². The number of rotatable bonds is 6. The molecular weight excluding hydrogens is 242 g/mol. The van der Waals surface area contributed by atoms with Gasteiger partial charge in [-0.3, -0.25) is 4.79 Å². The predicted molar refractivity (Wildman–Crippen MR) is 72.6 cm³/mol. The summed E-state index contributed by atoms with van der Waals surface area (Å²) in [5.74, 6) is 1.50. The highest BCUT2D eigenvalue weighted by molar-refractivity contribution is 5.86. The topological polar surface area (TPSA) is 67.2 Å². The maximum absolute atomic E-state index is 12.4. The summed E-state index contributed by atoms with van der Waals surface area (Å²) in [7, 11) is 0. The van der Waals surface area contributed by atoms with E-state index in [1.807, 2.05) is 6.92 Å². The molecule has 2 rings (SSSR count). The van der Waals surface area contributed by atoms with Gasteiger partial charge in [-0.25, -0.2) is 4.98 Å². The highest BCUT2D eigenvalue weighted by Gasteiger charge is 2.39. The molecule has 1 aliphatic rings. The number of aromatic nitrogens is 1. The number of nitrogens with zero attached hydrogens (tertiary/aromatic N) is 1. The van der Waals surface area contributed by atoms with E-state index < -0.39 is 0 Å². The first-order valence-electron chi connectivity index (χ1n) is 7.17. The highest BCUT2D eigenvalue weighted by atomic mass is 16.4. The van der Waals surface area contributed by atoms with E-state index in [2.05, 4.69) is 22.5 Å². The molecule has 5 nitrogen and oxygen atoms in total. The van der Waals surface area contributed by atoms with Crippen molar-refractivity contribution in [1.82, 2.24) is 15.6 Å². The van der Waals surface area contributed by atoms with Crippen molar-refractivity contribution in [2.24, 2.45) is 0 Å². The minimum absolute atomic E-state index is 0.0723. The minimum Gasteiger partial charge on any atom is -0.444 e. The lowest BCUT2D eigenvalue weighted by Crippen LogP contribution is -2.53. The predicted octanol–water partition coefficient (Wildman–Crippen LogP) is 1.78. The monoisotopic (exact) mass is 265 g/mol. The quantitative estimate of drug-likeness (QED) is 0.822. The number of hydrogen-bond acceptors (Lipinski definition) is 4. The van der Waals surface area contributed by atoms with Crippen LogP contribution >= 0.6 is 0 Å². The van der Waals surface area contributed by atoms with Gasteiger partial charge in [0.05, 0.1) is 18.3 Å². The van der Waals surface area contributed by atoms with Gasteiger partial charge >= 0.3 is 0 Å². The number of oxazole rings is 1. The Balaban J connectivity index is 1.92. The van der Waals surface area contributed by atoms with Gasteiger partial charge in [-0.2, -0.15) is 0 Å². The zero-order valence-corrected chi connectivity index (χ0v) is 11.8. The van der Waals surface area contributed by atoms with Gasteiger partial charge in [0, 0.05) is 6.42 Å². The third-order valence-corrected chi connectivity index (χ3v) is 3.71. The van der Waals surface area contributed by atoms with E-state index in [-0.39, 0.29) is 11.4 Å². The second-order valence-electron chi connectivity index (χ2n) is 5.12. The Kier molecular flexibility index (Phi) is 4.58. The summed E-state index contributed by atoms with van der Waals surface area (Å²) in [4.78, 5) is 16.5. The summed E-state index contributed by atoms with van der Waals surface area (Å²) < 4.78 is 5.49. The van der Waals surface area contributed by atoms with Crippen LogP contribution in [-0.4, -0.2) is 23.0 Å². The molecule has 2 heterocycles. The Hall–Kier alpha value is -1.36. The maximum atomic E-state index is 12.4. The molecule has 0 spiro atoms. The van der Waals surface area contributed by atoms with Gasteiger partial charge in [-0.15, -0.1) is 0 Å². The van der Waals surface area contributed by atoms with Crippen LogP contribution in [0.5, 0.6) is 0 Å². The molecular formula is C14H23N3O2. The van der Waals surface area contributed by atoms with Crippen LogP contribution in [-0.2, 0) is 17.8 Å². The van der Waals surface area contributed by atoms with Gasteiger partial charge in [-0.1, -0.05) is 20.3 Å². The van der Waals surface area contributed by atoms with Crippen LogP contribution in [0.1, 0.15) is 51.2 Å². The molecule has 1 fully saturated rings. The number of aryl methyl sites for hydroxylation is 1. The van der Waals surface area contributed by atoms with Gasteiger partial charge in [0.2, 0.25) is 11.8 Å². The van der Waals surface area contributed by atoms with Crippen molar-refractivity contribution in [3.05, 3.63) is 17.8 Å². The van der Waals surface area contributed by atoms with E-state index in [0.29, 0.717) is 12.4 Å². The first-order chi connectivity index (χ1) is 9.20. The van der Waals surface area contributed by atoms with Crippen LogP contribution in [0.2, 0.25) is 0 Å². The van der Waals surface area contributed by atoms with Crippen LogP contribution in [0.3, 0.4) is 0 Å². The van der Waals surface area contributed by atoms with Crippen molar-refractivity contribution >= 4 is 5.91 Å². The first-order valence-corrected chi connectivity index (χ1v) is 7.17. The van der Waals surface area contributed by atoms with E-state index in [4.69, 9.17) is 4.42 Å². The molecule has 0 radical (unpaired) electrons. The van der Waals surface area contributed by atoms with Crippen LogP contribution in [0.25, 0.3) is 0 Å². The van der Waals surface area contributed by atoms with Crippen molar-refractivity contribution < 1.29 is 9.21 Å². The SMILES string of the molecule is CCCC1(C(=O)NCc2ncc(CC)o2)CCCN1. The van der Waals surface area contributed by atoms with Crippen LogP contribution in [0.4, 0.5) is 0 Å². The summed E-state index contributed by atoms with van der Waals surface area (Å²) >= 11 is 0. The minimum atomic E-state index is -0.380. The summed E-state index contributed by atoms with van der Waals surface area (Å²) in [6.07, 6.45) is 6.40. The molecule has 1 aromatic rings. The lowest BCUT2D eigenvalue weighted by atomic mass is 9.91. The van der Waals surface area contributed by atoms with Gasteiger partial charge in [0.25, 0.3) is 0 Å². The Labute approximate surface area is 114 Å². The average molecular weight is 265 g/mol. The maximum Gasteiger partial charge on any atom is 0.240 e. The van der Waals surface area contributed by atoms with Crippen molar-refractivity contribution in [2.75, 3.05) is 6.54 Å². The first kappa shape index (κ1) is 14.1. The zero-order chi connectivity index (χ0) is 13.7. The van der Waals surface area contributed by atoms with Gasteiger partial charge in [-0.05, 0) is 25.8 Å². The molecule has 106 valence electrons. The molecule has 1 saturated heterocycles. The Morgan fingerprint density at radius 3 is 3.00 bits per heavy atom. The Morgan fingerprint density at radius 1 is 1.58 bits per heavy atom. The Bertz CT molecular complexity index is 422. The van der Waals surface area contributed by atoms with Crippen molar-refractivity contribution in [1.29, 1.82) is 0 Å². The summed E-state index contributed by atoms with van der Waals surface area (Å²) in [6.45, 7) is 5.41. The summed E-state index contributed by atoms with van der Waals surface area (Å²) in [5.41, 5.74) is -0.380. The smallest absolute Gasteiger partial charge is 0.240 e. The average Bonchev–Trinajstić information content (AvgIpc) is 3.05. The van der Waals surface area contributed by atoms with E-state index in [1.165, 1.54) is 0 Å². The molecule has 1 aliphatic heterocycles. The number of hydrogen-bond donors (Lipinski definition) is 2. The normalized spacial score (nSPS) is 22.6. The zero-order valence-electron chi connectivity index (χ0n) is 11.8. The van der Waals surface area contributed by atoms with Crippen molar-refractivity contribution in [2.45, 2.75) is 58.0 Å². The van der Waals surface area contributed by atoms with Gasteiger partial charge < -0.3 is 15.1 Å². The largest absolute Gasteiger partial charge is 0.444 e. The van der Waals surface area contributed by atoms with Crippen molar-refractivity contribution in [3.63, 3.8) is 0 Å². The molecule has 5 heteroatoms. The Morgan fingerprint density at radius 2 is 2.42 bits per heavy atom. The van der Waals surface area contributed by atoms with Crippen LogP contribution in [0.15, 0.2) is 10.6 Å². The standard InChI is InChI=1S/C14H23N3O2/c1-3-6-14(7-5-8-17-14)13(18)16-10-12-15-9-11(4-2)19-12/h9,17H,3-8,10H2,1-2H3,(H,16,18). The van der Waals surface area contributed by atoms with E-state index in [0.717, 1.165) is 44.4 Å². The second-order valence-corrected chi connectivity index (χ2v) is 5.12. The molecule has 0 aliphatic carbocycles. The fraction of sp³-hybridized carbons (Fsp3) is 0.714. The molecule has 2 N–H and O–H groups in total. The number of nitrogens with one attached hydrogen (secondary N) is 2. The summed E-state index contributed by atoms with van der Waals surface area (Å²) in [6, 6.07) is 0. The van der Waals surface area contributed by atoms with E-state index in [9.17, 15) is 4.79 Å². The molecule has 0 saturated carbocycles.